The van der Waals surface area contributed by atoms with Crippen LogP contribution in [0.4, 0.5) is 0 Å². The molecule has 1 aliphatic carbocycles. The van der Waals surface area contributed by atoms with Gasteiger partial charge in [-0.15, -0.1) is 0 Å². The average Bonchev–Trinajstić information content (AvgIpc) is 3.53. The predicted molar refractivity (Wildman–Crippen MR) is 126 cm³/mol. The van der Waals surface area contributed by atoms with Crippen LogP contribution >= 0.6 is 0 Å². The maximum absolute atomic E-state index is 12.8. The molecule has 33 heavy (non-hydrogen) atoms. The second kappa shape index (κ2) is 9.57. The van der Waals surface area contributed by atoms with Crippen LogP contribution in [0.25, 0.3) is 6.08 Å². The number of carbonyl (C=O) groups excluding carboxylic acids is 1. The molecule has 1 fully saturated rings. The maximum atomic E-state index is 12.8. The van der Waals surface area contributed by atoms with Crippen molar-refractivity contribution >= 4 is 23.9 Å². The van der Waals surface area contributed by atoms with Gasteiger partial charge in [0.2, 0.25) is 11.8 Å². The first kappa shape index (κ1) is 22.7. The second-order valence-electron chi connectivity index (χ2n) is 8.91. The Bertz CT molecular complexity index is 1050. The number of rotatable bonds is 11. The number of aliphatic carboxylic acids is 1. The quantitative estimate of drug-likeness (QED) is 0.509. The Morgan fingerprint density at radius 1 is 1.21 bits per heavy atom. The van der Waals surface area contributed by atoms with Gasteiger partial charge < -0.3 is 15.6 Å². The van der Waals surface area contributed by atoms with Gasteiger partial charge in [0.05, 0.1) is 0 Å². The molecule has 2 heterocycles. The van der Waals surface area contributed by atoms with Crippen molar-refractivity contribution in [2.75, 3.05) is 6.61 Å². The molecule has 2 atom stereocenters. The van der Waals surface area contributed by atoms with Crippen molar-refractivity contribution in [2.45, 2.75) is 49.5 Å². The monoisotopic (exact) mass is 447 g/mol. The van der Waals surface area contributed by atoms with Crippen LogP contribution in [0.15, 0.2) is 65.9 Å². The van der Waals surface area contributed by atoms with E-state index in [0.717, 1.165) is 18.4 Å². The van der Waals surface area contributed by atoms with Crippen LogP contribution in [-0.4, -0.2) is 40.0 Å². The Kier molecular flexibility index (Phi) is 6.58. The number of carbonyl (C=O) groups is 2. The van der Waals surface area contributed by atoms with Gasteiger partial charge in [0.25, 0.3) is 0 Å². The lowest BCUT2D eigenvalue weighted by Gasteiger charge is -2.29. The minimum atomic E-state index is -1.48. The smallest absolute Gasteiger partial charge is 0.323 e. The van der Waals surface area contributed by atoms with Gasteiger partial charge in [-0.2, -0.15) is 0 Å². The molecule has 1 aliphatic heterocycles. The molecule has 1 amide bonds. The first-order valence-electron chi connectivity index (χ1n) is 11.3. The van der Waals surface area contributed by atoms with E-state index in [1.54, 1.807) is 36.7 Å². The number of aromatic nitrogens is 1. The number of carboxylic acids is 1. The number of nitrogens with zero attached hydrogens (tertiary/aromatic N) is 2. The van der Waals surface area contributed by atoms with Gasteiger partial charge >= 0.3 is 5.97 Å². The van der Waals surface area contributed by atoms with E-state index in [9.17, 15) is 14.7 Å². The minimum Gasteiger partial charge on any atom is -0.480 e. The van der Waals surface area contributed by atoms with E-state index in [2.05, 4.69) is 9.98 Å². The fourth-order valence-corrected chi connectivity index (χ4v) is 4.39. The average molecular weight is 448 g/mol. The van der Waals surface area contributed by atoms with Crippen molar-refractivity contribution in [3.8, 4) is 0 Å². The molecule has 0 radical (unpaired) electrons. The van der Waals surface area contributed by atoms with E-state index >= 15 is 0 Å². The van der Waals surface area contributed by atoms with Crippen LogP contribution in [0.3, 0.4) is 0 Å². The number of aliphatic imine (C=N–C) groups is 1. The molecule has 3 N–H and O–H groups in total. The summed E-state index contributed by atoms with van der Waals surface area (Å²) in [4.78, 5) is 33.9. The first-order chi connectivity index (χ1) is 16.0. The Balaban J connectivity index is 1.62. The number of amides is 1. The van der Waals surface area contributed by atoms with Gasteiger partial charge in [-0.05, 0) is 48.8 Å². The lowest BCUT2D eigenvalue weighted by Crippen LogP contribution is -2.45. The Hall–Kier alpha value is -3.48. The molecule has 172 valence electrons. The van der Waals surface area contributed by atoms with Crippen molar-refractivity contribution in [1.29, 1.82) is 0 Å². The molecule has 1 saturated carbocycles. The fraction of sp³-hybridized carbons (Fsp3) is 0.385. The number of pyridine rings is 1. The van der Waals surface area contributed by atoms with Gasteiger partial charge in [0.15, 0.2) is 11.0 Å². The Morgan fingerprint density at radius 3 is 2.64 bits per heavy atom. The van der Waals surface area contributed by atoms with Crippen molar-refractivity contribution in [3.05, 3.63) is 72.1 Å². The van der Waals surface area contributed by atoms with E-state index in [1.807, 2.05) is 30.4 Å². The number of primary amides is 1. The number of ether oxygens (including phenoxy) is 1. The van der Waals surface area contributed by atoms with Crippen LogP contribution in [-0.2, 0) is 19.7 Å². The molecule has 7 heteroatoms. The molecular weight excluding hydrogens is 418 g/mol. The van der Waals surface area contributed by atoms with E-state index in [4.69, 9.17) is 10.5 Å². The zero-order chi connectivity index (χ0) is 23.3. The summed E-state index contributed by atoms with van der Waals surface area (Å²) in [7, 11) is 0. The third-order valence-corrected chi connectivity index (χ3v) is 6.46. The van der Waals surface area contributed by atoms with Crippen molar-refractivity contribution < 1.29 is 19.4 Å². The summed E-state index contributed by atoms with van der Waals surface area (Å²) in [5.41, 5.74) is 4.63. The summed E-state index contributed by atoms with van der Waals surface area (Å²) in [6.45, 7) is -0.00304. The van der Waals surface area contributed by atoms with Gasteiger partial charge in [-0.3, -0.25) is 14.6 Å². The van der Waals surface area contributed by atoms with Crippen LogP contribution in [0.1, 0.15) is 49.7 Å². The number of carboxylic acid groups (broad SMARTS) is 1. The summed E-state index contributed by atoms with van der Waals surface area (Å²) in [5.74, 6) is -1.14. The summed E-state index contributed by atoms with van der Waals surface area (Å²) in [6.07, 6.45) is 11.6. The molecule has 2 aromatic rings. The largest absolute Gasteiger partial charge is 0.480 e. The van der Waals surface area contributed by atoms with E-state index < -0.39 is 22.8 Å². The molecular formula is C26H29N3O4. The normalized spacial score (nSPS) is 21.9. The van der Waals surface area contributed by atoms with Crippen molar-refractivity contribution in [1.82, 2.24) is 4.98 Å². The highest BCUT2D eigenvalue weighted by atomic mass is 16.5. The highest BCUT2D eigenvalue weighted by molar-refractivity contribution is 6.10. The summed E-state index contributed by atoms with van der Waals surface area (Å²) < 4.78 is 5.91. The highest BCUT2D eigenvalue weighted by Gasteiger charge is 2.54. The van der Waals surface area contributed by atoms with Gasteiger partial charge in [0, 0.05) is 12.4 Å². The molecule has 1 aromatic heterocycles. The van der Waals surface area contributed by atoms with Gasteiger partial charge in [-0.25, -0.2) is 4.99 Å². The number of nitrogens with two attached hydrogens (primary N) is 1. The van der Waals surface area contributed by atoms with E-state index in [0.29, 0.717) is 30.7 Å². The molecule has 7 nitrogen and oxygen atoms in total. The zero-order valence-electron chi connectivity index (χ0n) is 18.5. The molecule has 0 saturated heterocycles. The highest BCUT2D eigenvalue weighted by Crippen LogP contribution is 2.43. The van der Waals surface area contributed by atoms with E-state index in [-0.39, 0.29) is 18.9 Å². The summed E-state index contributed by atoms with van der Waals surface area (Å²) in [6, 6.07) is 12.8. The SMILES string of the molecule is NC(=O)C1(CC2CC2)COC(C(CCCC=Cc2cccnc2)(C(=O)O)c2ccccc2)=N1. The van der Waals surface area contributed by atoms with Crippen molar-refractivity contribution in [3.63, 3.8) is 0 Å². The number of unbranched alkanes of at least 4 members (excludes halogenated alkanes) is 1. The Labute approximate surface area is 193 Å². The number of hydrogen-bond donors (Lipinski definition) is 2. The molecule has 1 aromatic carbocycles. The van der Waals surface area contributed by atoms with E-state index in [1.165, 1.54) is 0 Å². The summed E-state index contributed by atoms with van der Waals surface area (Å²) >= 11 is 0. The van der Waals surface area contributed by atoms with Crippen LogP contribution < -0.4 is 5.73 Å². The molecule has 4 rings (SSSR count). The lowest BCUT2D eigenvalue weighted by molar-refractivity contribution is -0.141. The molecule has 2 unspecified atom stereocenters. The maximum Gasteiger partial charge on any atom is 0.323 e. The van der Waals surface area contributed by atoms with Crippen molar-refractivity contribution in [2.24, 2.45) is 16.6 Å². The number of allylic oxidation sites excluding steroid dienone is 1. The van der Waals surface area contributed by atoms with Gasteiger partial charge in [-0.1, -0.05) is 61.4 Å². The summed E-state index contributed by atoms with van der Waals surface area (Å²) in [5, 5.41) is 10.5. The first-order valence-corrected chi connectivity index (χ1v) is 11.3. The molecule has 0 spiro atoms. The fourth-order valence-electron chi connectivity index (χ4n) is 4.39. The third-order valence-electron chi connectivity index (χ3n) is 6.46. The van der Waals surface area contributed by atoms with Crippen LogP contribution in [0, 0.1) is 5.92 Å². The zero-order valence-corrected chi connectivity index (χ0v) is 18.5. The topological polar surface area (TPSA) is 115 Å². The number of hydrogen-bond acceptors (Lipinski definition) is 5. The Morgan fingerprint density at radius 2 is 2.00 bits per heavy atom. The lowest BCUT2D eigenvalue weighted by atomic mass is 9.75. The van der Waals surface area contributed by atoms with Gasteiger partial charge in [0.1, 0.15) is 6.61 Å². The second-order valence-corrected chi connectivity index (χ2v) is 8.91. The minimum absolute atomic E-state index is 0.00304. The predicted octanol–water partition coefficient (Wildman–Crippen LogP) is 3.74. The molecule has 2 aliphatic rings. The standard InChI is InChI=1S/C26H29N3O4/c27-22(30)25(16-19-12-13-19)18-33-23(29-25)26(24(31)32,21-10-4-1-5-11-21)14-6-2-3-8-20-9-7-15-28-17-20/h1,3-5,7-11,15,17,19H,2,6,12-14,16,18H2,(H2,27,30)(H,31,32). The molecule has 0 bridgehead atoms. The van der Waals surface area contributed by atoms with Crippen LogP contribution in [0.2, 0.25) is 0 Å². The third kappa shape index (κ3) is 4.82. The number of benzene rings is 1. The van der Waals surface area contributed by atoms with Crippen LogP contribution in [0.5, 0.6) is 0 Å².